The normalized spacial score (nSPS) is 10.6. The molecule has 30 heavy (non-hydrogen) atoms. The van der Waals surface area contributed by atoms with E-state index in [-0.39, 0.29) is 18.6 Å². The zero-order valence-corrected chi connectivity index (χ0v) is 19.8. The van der Waals surface area contributed by atoms with Crippen molar-refractivity contribution in [3.63, 3.8) is 0 Å². The molecular formula is C24H20ClNO3Sn. The summed E-state index contributed by atoms with van der Waals surface area (Å²) >= 11 is -2.03. The second-order valence-corrected chi connectivity index (χ2v) is 13.9. The predicted molar refractivity (Wildman–Crippen MR) is 124 cm³/mol. The summed E-state index contributed by atoms with van der Waals surface area (Å²) in [6.45, 7) is -0.109. The standard InChI is InChI=1S/C12H10NO3.2C6H5.ClH.Sn/c14-6-5-13-7-9-8-16-11-4-2-1-3-10(11)12(9)15;2*1-2-4-6-5-3-1;;/h1-4,7-8H,5-6H2;2*1-5H;1H;/q-1;;;;+2/p-1. The molecule has 150 valence electrons. The van der Waals surface area contributed by atoms with E-state index in [9.17, 15) is 9.90 Å². The monoisotopic (exact) mass is 525 g/mol. The topological polar surface area (TPSA) is 65.6 Å². The summed E-state index contributed by atoms with van der Waals surface area (Å²) < 4.78 is 7.96. The Balaban J connectivity index is 0.000000172. The second kappa shape index (κ2) is 11.7. The van der Waals surface area contributed by atoms with Crippen molar-refractivity contribution in [2.75, 3.05) is 13.2 Å². The van der Waals surface area contributed by atoms with Crippen LogP contribution in [0.2, 0.25) is 0 Å². The molecule has 0 amide bonds. The van der Waals surface area contributed by atoms with Crippen LogP contribution < -0.4 is 17.7 Å². The van der Waals surface area contributed by atoms with Gasteiger partial charge in [0.25, 0.3) is 0 Å². The first kappa shape index (κ1) is 22.3. The van der Waals surface area contributed by atoms with E-state index in [4.69, 9.17) is 13.3 Å². The van der Waals surface area contributed by atoms with E-state index in [1.54, 1.807) is 24.3 Å². The van der Waals surface area contributed by atoms with Gasteiger partial charge >= 0.3 is 95.4 Å². The Hall–Kier alpha value is -2.41. The fourth-order valence-corrected chi connectivity index (χ4v) is 8.14. The Labute approximate surface area is 185 Å². The molecule has 0 aliphatic carbocycles. The third kappa shape index (κ3) is 6.05. The molecule has 0 saturated heterocycles. The van der Waals surface area contributed by atoms with Crippen LogP contribution in [0.1, 0.15) is 5.56 Å². The summed E-state index contributed by atoms with van der Waals surface area (Å²) in [4.78, 5) is 15.7. The Morgan fingerprint density at radius 1 is 0.900 bits per heavy atom. The number of hydrogen-bond donors (Lipinski definition) is 0. The van der Waals surface area contributed by atoms with Crippen LogP contribution in [0.4, 0.5) is 0 Å². The molecule has 3 aromatic carbocycles. The maximum absolute atomic E-state index is 11.9. The molecule has 0 N–H and O–H groups in total. The van der Waals surface area contributed by atoms with Gasteiger partial charge in [-0.2, -0.15) is 0 Å². The van der Waals surface area contributed by atoms with Gasteiger partial charge in [0.05, 0.1) is 10.9 Å². The number of halogens is 1. The molecule has 0 spiro atoms. The summed E-state index contributed by atoms with van der Waals surface area (Å²) in [6, 6.07) is 27.8. The quantitative estimate of drug-likeness (QED) is 0.298. The van der Waals surface area contributed by atoms with Gasteiger partial charge in [0.2, 0.25) is 5.43 Å². The molecule has 0 fully saturated rings. The van der Waals surface area contributed by atoms with E-state index in [1.807, 2.05) is 12.1 Å². The predicted octanol–water partition coefficient (Wildman–Crippen LogP) is 2.60. The summed E-state index contributed by atoms with van der Waals surface area (Å²) in [5.41, 5.74) is 0.789. The van der Waals surface area contributed by atoms with Crippen molar-refractivity contribution < 1.29 is 9.52 Å². The first-order chi connectivity index (χ1) is 14.7. The molecule has 1 aromatic heterocycles. The Bertz CT molecular complexity index is 1110. The summed E-state index contributed by atoms with van der Waals surface area (Å²) in [6.07, 6.45) is 2.75. The zero-order chi connectivity index (χ0) is 21.2. The number of para-hydroxylation sites is 1. The van der Waals surface area contributed by atoms with Crippen LogP contribution in [-0.2, 0) is 0 Å². The Kier molecular flexibility index (Phi) is 8.68. The molecule has 0 saturated carbocycles. The van der Waals surface area contributed by atoms with Crippen molar-refractivity contribution in [2.24, 2.45) is 4.99 Å². The second-order valence-electron chi connectivity index (χ2n) is 6.30. The van der Waals surface area contributed by atoms with Crippen LogP contribution >= 0.6 is 8.92 Å². The van der Waals surface area contributed by atoms with Crippen molar-refractivity contribution in [1.82, 2.24) is 0 Å². The van der Waals surface area contributed by atoms with Crippen LogP contribution in [-0.4, -0.2) is 38.0 Å². The third-order valence-corrected chi connectivity index (χ3v) is 11.9. The number of rotatable bonds is 5. The van der Waals surface area contributed by atoms with E-state index in [1.165, 1.54) is 19.6 Å². The first-order valence-corrected chi connectivity index (χ1v) is 15.9. The van der Waals surface area contributed by atoms with Crippen molar-refractivity contribution in [3.05, 3.63) is 107 Å². The van der Waals surface area contributed by atoms with Crippen LogP contribution in [0.5, 0.6) is 0 Å². The maximum atomic E-state index is 11.9. The Morgan fingerprint density at radius 2 is 1.47 bits per heavy atom. The molecule has 4 rings (SSSR count). The van der Waals surface area contributed by atoms with Crippen LogP contribution in [0.3, 0.4) is 0 Å². The van der Waals surface area contributed by atoms with E-state index in [0.717, 1.165) is 0 Å². The third-order valence-electron chi connectivity index (χ3n) is 4.21. The van der Waals surface area contributed by atoms with Crippen molar-refractivity contribution >= 4 is 51.9 Å². The Morgan fingerprint density at radius 3 is 2.07 bits per heavy atom. The van der Waals surface area contributed by atoms with Gasteiger partial charge in [-0.3, -0.25) is 9.79 Å². The SMILES string of the molecule is O=c1c(C=NCC[O-])coc2ccccc12.[Cl][Sn+]([c]1ccccc1)[c]1ccccc1. The van der Waals surface area contributed by atoms with Crippen LogP contribution in [0.25, 0.3) is 11.0 Å². The molecule has 4 nitrogen and oxygen atoms in total. The average molecular weight is 525 g/mol. The van der Waals surface area contributed by atoms with Gasteiger partial charge in [-0.15, -0.1) is 6.61 Å². The van der Waals surface area contributed by atoms with E-state index in [0.29, 0.717) is 16.5 Å². The molecule has 6 heteroatoms. The number of fused-ring (bicyclic) bond motifs is 1. The number of hydrogen-bond acceptors (Lipinski definition) is 4. The number of benzene rings is 3. The summed E-state index contributed by atoms with van der Waals surface area (Å²) in [5, 5.41) is 10.7. The number of nitrogens with zero attached hydrogens (tertiary/aromatic N) is 1. The van der Waals surface area contributed by atoms with Crippen molar-refractivity contribution in [2.45, 2.75) is 0 Å². The van der Waals surface area contributed by atoms with Crippen molar-refractivity contribution in [1.29, 1.82) is 0 Å². The van der Waals surface area contributed by atoms with E-state index >= 15 is 0 Å². The molecule has 4 aromatic rings. The van der Waals surface area contributed by atoms with Gasteiger partial charge in [0, 0.05) is 12.8 Å². The molecule has 1 heterocycles. The van der Waals surface area contributed by atoms with Crippen molar-refractivity contribution in [3.8, 4) is 0 Å². The first-order valence-electron chi connectivity index (χ1n) is 9.42. The van der Waals surface area contributed by atoms with Gasteiger partial charge in [-0.25, -0.2) is 0 Å². The van der Waals surface area contributed by atoms with Gasteiger partial charge in [0.15, 0.2) is 0 Å². The van der Waals surface area contributed by atoms with E-state index in [2.05, 4.69) is 53.5 Å². The van der Waals surface area contributed by atoms with Gasteiger partial charge in [-0.05, 0) is 12.1 Å². The summed E-state index contributed by atoms with van der Waals surface area (Å²) in [5.74, 6) is 0. The van der Waals surface area contributed by atoms with Crippen LogP contribution in [0.15, 0.2) is 105 Å². The fraction of sp³-hybridized carbons (Fsp3) is 0.0833. The van der Waals surface area contributed by atoms with Gasteiger partial charge < -0.3 is 9.52 Å². The van der Waals surface area contributed by atoms with E-state index < -0.39 is 18.6 Å². The number of aliphatic imine (C=N–C) groups is 1. The molecular weight excluding hydrogens is 504 g/mol. The van der Waals surface area contributed by atoms with Crippen LogP contribution in [0, 0.1) is 0 Å². The molecule has 0 bridgehead atoms. The molecule has 0 atom stereocenters. The molecule has 0 aliphatic rings. The van der Waals surface area contributed by atoms with Gasteiger partial charge in [-0.1, -0.05) is 12.1 Å². The molecule has 0 unspecified atom stereocenters. The summed E-state index contributed by atoms with van der Waals surface area (Å²) in [7, 11) is 6.53. The van der Waals surface area contributed by atoms with Gasteiger partial charge in [0.1, 0.15) is 11.8 Å². The molecule has 0 aliphatic heterocycles. The molecule has 0 radical (unpaired) electrons. The minimum absolute atomic E-state index is 0.128. The fourth-order valence-electron chi connectivity index (χ4n) is 2.73. The average Bonchev–Trinajstić information content (AvgIpc) is 2.82. The zero-order valence-electron chi connectivity index (χ0n) is 16.2. The minimum atomic E-state index is -2.03.